The van der Waals surface area contributed by atoms with E-state index in [-0.39, 0.29) is 0 Å². The van der Waals surface area contributed by atoms with Gasteiger partial charge in [-0.1, -0.05) is 52.9 Å². The normalized spacial score (nSPS) is 39.5. The molecule has 2 aliphatic carbocycles. The maximum Gasteiger partial charge on any atom is -0.0383 e. The van der Waals surface area contributed by atoms with Crippen molar-refractivity contribution in [3.63, 3.8) is 0 Å². The minimum absolute atomic E-state index is 0.973. The molecule has 2 aliphatic rings. The number of rotatable bonds is 4. The molecule has 0 heteroatoms. The van der Waals surface area contributed by atoms with Crippen LogP contribution in [0.25, 0.3) is 0 Å². The van der Waals surface area contributed by atoms with Crippen molar-refractivity contribution in [2.45, 2.75) is 85.0 Å². The van der Waals surface area contributed by atoms with Crippen molar-refractivity contribution >= 4 is 0 Å². The highest BCUT2D eigenvalue weighted by Gasteiger charge is 2.31. The van der Waals surface area contributed by atoms with Crippen LogP contribution < -0.4 is 0 Å². The largest absolute Gasteiger partial charge is 0.0651 e. The Bertz CT molecular complexity index is 224. The average molecular weight is 250 g/mol. The molecule has 0 nitrogen and oxygen atoms in total. The van der Waals surface area contributed by atoms with Crippen molar-refractivity contribution in [1.29, 1.82) is 0 Å². The van der Waals surface area contributed by atoms with Gasteiger partial charge in [0.2, 0.25) is 0 Å². The summed E-state index contributed by atoms with van der Waals surface area (Å²) in [5, 5.41) is 0. The highest BCUT2D eigenvalue weighted by molar-refractivity contribution is 4.83. The Hall–Kier alpha value is 0. The lowest BCUT2D eigenvalue weighted by Crippen LogP contribution is -2.28. The Balaban J connectivity index is 1.78. The van der Waals surface area contributed by atoms with Crippen LogP contribution in [0.5, 0.6) is 0 Å². The van der Waals surface area contributed by atoms with Crippen LogP contribution in [0.1, 0.15) is 85.0 Å². The summed E-state index contributed by atoms with van der Waals surface area (Å²) in [5.41, 5.74) is 0. The molecule has 0 heterocycles. The SMILES string of the molecule is CCC1CCCC(C2CCC(C(C)CC)CC2)C1. The number of hydrogen-bond donors (Lipinski definition) is 0. The minimum Gasteiger partial charge on any atom is -0.0651 e. The van der Waals surface area contributed by atoms with Gasteiger partial charge in [-0.3, -0.25) is 0 Å². The Morgan fingerprint density at radius 3 is 2.22 bits per heavy atom. The molecule has 2 rings (SSSR count). The molecule has 0 amide bonds. The van der Waals surface area contributed by atoms with Crippen molar-refractivity contribution in [3.05, 3.63) is 0 Å². The van der Waals surface area contributed by atoms with Crippen LogP contribution in [0, 0.1) is 29.6 Å². The molecule has 18 heavy (non-hydrogen) atoms. The zero-order chi connectivity index (χ0) is 13.0. The Labute approximate surface area is 115 Å². The predicted octanol–water partition coefficient (Wildman–Crippen LogP) is 6.06. The van der Waals surface area contributed by atoms with Crippen molar-refractivity contribution in [1.82, 2.24) is 0 Å². The Morgan fingerprint density at radius 1 is 0.889 bits per heavy atom. The van der Waals surface area contributed by atoms with E-state index in [0.29, 0.717) is 0 Å². The van der Waals surface area contributed by atoms with Crippen LogP contribution in [0.2, 0.25) is 0 Å². The maximum atomic E-state index is 2.47. The van der Waals surface area contributed by atoms with E-state index in [1.807, 2.05) is 0 Å². The molecule has 0 spiro atoms. The second-order valence-corrected chi connectivity index (χ2v) is 7.26. The summed E-state index contributed by atoms with van der Waals surface area (Å²) >= 11 is 0. The first-order valence-corrected chi connectivity index (χ1v) is 8.74. The third-order valence-corrected chi connectivity index (χ3v) is 6.33. The number of hydrogen-bond acceptors (Lipinski definition) is 0. The lowest BCUT2D eigenvalue weighted by molar-refractivity contribution is 0.121. The zero-order valence-corrected chi connectivity index (χ0v) is 13.0. The summed E-state index contributed by atoms with van der Waals surface area (Å²) in [4.78, 5) is 0. The molecular weight excluding hydrogens is 216 g/mol. The Morgan fingerprint density at radius 2 is 1.61 bits per heavy atom. The molecule has 0 aromatic rings. The molecule has 2 fully saturated rings. The van der Waals surface area contributed by atoms with Gasteiger partial charge in [-0.05, 0) is 61.7 Å². The fraction of sp³-hybridized carbons (Fsp3) is 1.00. The van der Waals surface area contributed by atoms with Gasteiger partial charge in [-0.2, -0.15) is 0 Å². The predicted molar refractivity (Wildman–Crippen MR) is 80.6 cm³/mol. The lowest BCUT2D eigenvalue weighted by Gasteiger charge is -2.39. The third kappa shape index (κ3) is 3.52. The van der Waals surface area contributed by atoms with Crippen molar-refractivity contribution < 1.29 is 0 Å². The van der Waals surface area contributed by atoms with Gasteiger partial charge >= 0.3 is 0 Å². The van der Waals surface area contributed by atoms with Crippen LogP contribution in [0.4, 0.5) is 0 Å². The van der Waals surface area contributed by atoms with Crippen molar-refractivity contribution in [2.75, 3.05) is 0 Å². The summed E-state index contributed by atoms with van der Waals surface area (Å²) in [6, 6.07) is 0. The van der Waals surface area contributed by atoms with Gasteiger partial charge in [0.15, 0.2) is 0 Å². The molecule has 3 atom stereocenters. The van der Waals surface area contributed by atoms with Crippen LogP contribution in [0.3, 0.4) is 0 Å². The van der Waals surface area contributed by atoms with E-state index in [1.165, 1.54) is 38.5 Å². The molecule has 0 aromatic heterocycles. The van der Waals surface area contributed by atoms with Crippen LogP contribution in [-0.4, -0.2) is 0 Å². The zero-order valence-electron chi connectivity index (χ0n) is 13.0. The first kappa shape index (κ1) is 14.4. The van der Waals surface area contributed by atoms with Gasteiger partial charge in [-0.15, -0.1) is 0 Å². The van der Waals surface area contributed by atoms with Gasteiger partial charge in [0, 0.05) is 0 Å². The summed E-state index contributed by atoms with van der Waals surface area (Å²) < 4.78 is 0. The maximum absolute atomic E-state index is 2.47. The average Bonchev–Trinajstić information content (AvgIpc) is 2.46. The quantitative estimate of drug-likeness (QED) is 0.569. The lowest BCUT2D eigenvalue weighted by atomic mass is 9.66. The second kappa shape index (κ2) is 6.96. The van der Waals surface area contributed by atoms with Gasteiger partial charge < -0.3 is 0 Å². The molecule has 0 saturated heterocycles. The highest BCUT2D eigenvalue weighted by Crippen LogP contribution is 2.43. The summed E-state index contributed by atoms with van der Waals surface area (Å²) in [6.45, 7) is 7.23. The molecule has 0 aromatic carbocycles. The molecule has 3 unspecified atom stereocenters. The standard InChI is InChI=1S/C18H34/c1-4-14(3)16-9-11-17(12-10-16)18-8-6-7-15(5-2)13-18/h14-18H,4-13H2,1-3H3. The van der Waals surface area contributed by atoms with Crippen LogP contribution in [-0.2, 0) is 0 Å². The topological polar surface area (TPSA) is 0 Å². The van der Waals surface area contributed by atoms with Gasteiger partial charge in [0.05, 0.1) is 0 Å². The molecule has 0 bridgehead atoms. The van der Waals surface area contributed by atoms with E-state index in [0.717, 1.165) is 29.6 Å². The van der Waals surface area contributed by atoms with Crippen molar-refractivity contribution in [2.24, 2.45) is 29.6 Å². The molecule has 0 radical (unpaired) electrons. The van der Waals surface area contributed by atoms with E-state index in [9.17, 15) is 0 Å². The second-order valence-electron chi connectivity index (χ2n) is 7.26. The first-order valence-electron chi connectivity index (χ1n) is 8.74. The minimum atomic E-state index is 0.973. The van der Waals surface area contributed by atoms with E-state index in [1.54, 1.807) is 25.7 Å². The Kier molecular flexibility index (Phi) is 5.57. The molecule has 2 saturated carbocycles. The van der Waals surface area contributed by atoms with E-state index < -0.39 is 0 Å². The monoisotopic (exact) mass is 250 g/mol. The van der Waals surface area contributed by atoms with E-state index >= 15 is 0 Å². The summed E-state index contributed by atoms with van der Waals surface area (Å²) in [6.07, 6.45) is 15.1. The molecule has 0 aliphatic heterocycles. The smallest absolute Gasteiger partial charge is 0.0383 e. The van der Waals surface area contributed by atoms with E-state index in [2.05, 4.69) is 20.8 Å². The fourth-order valence-electron chi connectivity index (χ4n) is 4.65. The van der Waals surface area contributed by atoms with Crippen LogP contribution in [0.15, 0.2) is 0 Å². The molecule has 106 valence electrons. The van der Waals surface area contributed by atoms with Gasteiger partial charge in [0.1, 0.15) is 0 Å². The fourth-order valence-corrected chi connectivity index (χ4v) is 4.65. The van der Waals surface area contributed by atoms with E-state index in [4.69, 9.17) is 0 Å². The molecule has 0 N–H and O–H groups in total. The first-order chi connectivity index (χ1) is 8.74. The summed E-state index contributed by atoms with van der Waals surface area (Å²) in [7, 11) is 0. The molecular formula is C18H34. The van der Waals surface area contributed by atoms with Gasteiger partial charge in [0.25, 0.3) is 0 Å². The highest BCUT2D eigenvalue weighted by atomic mass is 14.4. The van der Waals surface area contributed by atoms with Crippen molar-refractivity contribution in [3.8, 4) is 0 Å². The van der Waals surface area contributed by atoms with Crippen LogP contribution >= 0.6 is 0 Å². The summed E-state index contributed by atoms with van der Waals surface area (Å²) in [5.74, 6) is 5.29. The third-order valence-electron chi connectivity index (χ3n) is 6.33. The van der Waals surface area contributed by atoms with Gasteiger partial charge in [-0.25, -0.2) is 0 Å².